The molecular formula is C77H84N10O9. The van der Waals surface area contributed by atoms with E-state index in [1.807, 2.05) is 132 Å². The Balaban J connectivity index is 0.000000209. The van der Waals surface area contributed by atoms with Gasteiger partial charge in [-0.15, -0.1) is 0 Å². The molecule has 496 valence electrons. The van der Waals surface area contributed by atoms with Crippen molar-refractivity contribution in [3.05, 3.63) is 242 Å². The largest absolute Gasteiger partial charge is 0.377 e. The van der Waals surface area contributed by atoms with E-state index in [1.165, 1.54) is 22.0 Å². The van der Waals surface area contributed by atoms with E-state index in [0.29, 0.717) is 98.5 Å². The average Bonchev–Trinajstić information content (AvgIpc) is 0.801. The van der Waals surface area contributed by atoms with Crippen LogP contribution in [0.25, 0.3) is 11.1 Å². The molecule has 19 nitrogen and oxygen atoms in total. The summed E-state index contributed by atoms with van der Waals surface area (Å²) in [4.78, 5) is 128. The van der Waals surface area contributed by atoms with Gasteiger partial charge in [0.25, 0.3) is 23.6 Å². The molecule has 96 heavy (non-hydrogen) atoms. The van der Waals surface area contributed by atoms with Gasteiger partial charge in [0.05, 0.1) is 13.2 Å². The normalized spacial score (nSPS) is 17.4. The minimum atomic E-state index is -1.12. The van der Waals surface area contributed by atoms with Gasteiger partial charge in [0.15, 0.2) is 0 Å². The van der Waals surface area contributed by atoms with Crippen molar-refractivity contribution >= 4 is 58.6 Å². The van der Waals surface area contributed by atoms with Crippen LogP contribution < -0.4 is 20.4 Å². The third-order valence-electron chi connectivity index (χ3n) is 18.2. The fourth-order valence-electron chi connectivity index (χ4n) is 12.9. The summed E-state index contributed by atoms with van der Waals surface area (Å²) in [5.41, 5.74) is 6.32. The van der Waals surface area contributed by atoms with Crippen LogP contribution in [0.15, 0.2) is 214 Å². The van der Waals surface area contributed by atoms with Crippen LogP contribution in [0.1, 0.15) is 115 Å². The Hall–Kier alpha value is -10.4. The van der Waals surface area contributed by atoms with E-state index in [-0.39, 0.29) is 78.6 Å². The monoisotopic (exact) mass is 1290 g/mol. The molecule has 4 fully saturated rings. The molecule has 7 aromatic rings. The lowest BCUT2D eigenvalue weighted by atomic mass is 9.87. The summed E-state index contributed by atoms with van der Waals surface area (Å²) in [7, 11) is 0. The average molecular weight is 1290 g/mol. The maximum absolute atomic E-state index is 14.7. The third-order valence-corrected chi connectivity index (χ3v) is 18.2. The quantitative estimate of drug-likeness (QED) is 0.0818. The Morgan fingerprint density at radius 2 is 0.927 bits per heavy atom. The van der Waals surface area contributed by atoms with E-state index in [4.69, 9.17) is 4.74 Å². The molecule has 11 rings (SSSR count). The standard InChI is InChI=1S/C39H39N5O5.C38H45N5O4/c1-2-35(45)43-24-25-49-27-34(43)39(48)44(33-17-15-29(16-18-33)28-10-5-3-6-11-28)36(31-14-9-21-40-26-31)37(46)41-32-19-22-42(23-20-32)38(47)30-12-7-4-8-13-30;1-5-33(44)42-23-10-9-15-32(42)37(47)43(31-18-16-29(17-19-31)38(2,3)4)34(28-14-11-22-39-26-28)35(45)40-30-20-24-41(25-21-30)36(46)27-12-7-6-8-13-27/h2-18,21,26,32,34,36H,1,19-20,22-25,27H2,(H,41,46);5-8,11-14,16-19,22,26,30,32,34H,1,9-10,15,20-21,23-25H2,2-4H3,(H,40,45). The number of ether oxygens (including phenoxy) is 1. The lowest BCUT2D eigenvalue weighted by Crippen LogP contribution is -2.59. The van der Waals surface area contributed by atoms with E-state index in [9.17, 15) is 38.4 Å². The Bertz CT molecular complexity index is 3820. The van der Waals surface area contributed by atoms with Crippen LogP contribution in [0.3, 0.4) is 0 Å². The van der Waals surface area contributed by atoms with Gasteiger partial charge in [-0.1, -0.05) is 137 Å². The Kier molecular flexibility index (Phi) is 22.9. The van der Waals surface area contributed by atoms with Crippen molar-refractivity contribution in [3.8, 4) is 11.1 Å². The van der Waals surface area contributed by atoms with E-state index in [2.05, 4.69) is 54.5 Å². The van der Waals surface area contributed by atoms with Crippen LogP contribution in [-0.2, 0) is 38.9 Å². The van der Waals surface area contributed by atoms with Crippen LogP contribution >= 0.6 is 0 Å². The van der Waals surface area contributed by atoms with Gasteiger partial charge in [-0.05, 0) is 140 Å². The summed E-state index contributed by atoms with van der Waals surface area (Å²) in [5.74, 6) is -2.26. The summed E-state index contributed by atoms with van der Waals surface area (Å²) in [6, 6.07) is 46.2. The summed E-state index contributed by atoms with van der Waals surface area (Å²) in [5, 5.41) is 6.39. The molecular weight excluding hydrogens is 1210 g/mol. The van der Waals surface area contributed by atoms with Crippen molar-refractivity contribution in [1.29, 1.82) is 0 Å². The van der Waals surface area contributed by atoms with Crippen LogP contribution in [0.4, 0.5) is 11.4 Å². The Morgan fingerprint density at radius 3 is 1.36 bits per heavy atom. The van der Waals surface area contributed by atoms with E-state index in [0.717, 1.165) is 29.5 Å². The number of pyridine rings is 2. The van der Waals surface area contributed by atoms with Gasteiger partial charge < -0.3 is 35.0 Å². The molecule has 2 aromatic heterocycles. The van der Waals surface area contributed by atoms with E-state index >= 15 is 0 Å². The number of hydrogen-bond donors (Lipinski definition) is 2. The van der Waals surface area contributed by atoms with Crippen molar-refractivity contribution in [3.63, 3.8) is 0 Å². The second kappa shape index (κ2) is 32.2. The molecule has 0 bridgehead atoms. The highest BCUT2D eigenvalue weighted by molar-refractivity contribution is 6.07. The second-order valence-electron chi connectivity index (χ2n) is 25.5. The molecule has 4 saturated heterocycles. The van der Waals surface area contributed by atoms with Gasteiger partial charge in [-0.2, -0.15) is 0 Å². The van der Waals surface area contributed by atoms with Gasteiger partial charge >= 0.3 is 0 Å². The van der Waals surface area contributed by atoms with E-state index < -0.39 is 30.1 Å². The molecule has 4 aliphatic rings. The lowest BCUT2D eigenvalue weighted by molar-refractivity contribution is -0.144. The fourth-order valence-corrected chi connectivity index (χ4v) is 12.9. The molecule has 8 amide bonds. The van der Waals surface area contributed by atoms with Gasteiger partial charge in [-0.3, -0.25) is 58.1 Å². The zero-order chi connectivity index (χ0) is 67.7. The number of morpholine rings is 1. The fraction of sp³-hybridized carbons (Fsp3) is 0.325. The highest BCUT2D eigenvalue weighted by Gasteiger charge is 2.44. The summed E-state index contributed by atoms with van der Waals surface area (Å²) in [6.07, 6.45) is 13.2. The molecule has 0 radical (unpaired) electrons. The number of carbonyl (C=O) groups is 8. The number of aromatic nitrogens is 2. The highest BCUT2D eigenvalue weighted by atomic mass is 16.5. The number of anilines is 2. The second-order valence-corrected chi connectivity index (χ2v) is 25.5. The Morgan fingerprint density at radius 1 is 0.500 bits per heavy atom. The number of amides is 8. The van der Waals surface area contributed by atoms with E-state index in [1.54, 1.807) is 75.9 Å². The SMILES string of the molecule is C=CC(=O)N1CCCCC1C(=O)N(c1ccc(C(C)(C)C)cc1)C(C(=O)NC1CCN(C(=O)c2ccccc2)CC1)c1cccnc1.C=CC(=O)N1CCOCC1C(=O)N(c1ccc(-c2ccccc2)cc1)C(C(=O)NC1CCN(C(=O)c2ccccc2)CC1)c1cccnc1. The zero-order valence-corrected chi connectivity index (χ0v) is 54.8. The molecule has 2 N–H and O–H groups in total. The molecule has 4 unspecified atom stereocenters. The molecule has 5 aromatic carbocycles. The topological polar surface area (TPSA) is 215 Å². The predicted molar refractivity (Wildman–Crippen MR) is 369 cm³/mol. The number of benzene rings is 5. The first kappa shape index (κ1) is 68.5. The van der Waals surface area contributed by atoms with Crippen LogP contribution in [-0.4, -0.2) is 153 Å². The van der Waals surface area contributed by atoms with Crippen molar-refractivity contribution in [2.45, 2.75) is 107 Å². The van der Waals surface area contributed by atoms with Gasteiger partial charge in [0, 0.05) is 110 Å². The van der Waals surface area contributed by atoms with Crippen molar-refractivity contribution < 1.29 is 43.1 Å². The number of nitrogens with zero attached hydrogens (tertiary/aromatic N) is 8. The number of hydrogen-bond acceptors (Lipinski definition) is 11. The highest BCUT2D eigenvalue weighted by Crippen LogP contribution is 2.36. The molecule has 0 saturated carbocycles. The lowest BCUT2D eigenvalue weighted by Gasteiger charge is -2.40. The molecule has 4 aliphatic heterocycles. The molecule has 6 heterocycles. The first-order valence-corrected chi connectivity index (χ1v) is 33.0. The molecule has 19 heteroatoms. The van der Waals surface area contributed by atoms with Gasteiger partial charge in [-0.25, -0.2) is 0 Å². The number of piperidine rings is 3. The minimum absolute atomic E-state index is 0.0215. The number of likely N-dealkylation sites (tertiary alicyclic amines) is 3. The van der Waals surface area contributed by atoms with Gasteiger partial charge in [0.2, 0.25) is 23.6 Å². The Labute approximate surface area is 561 Å². The van der Waals surface area contributed by atoms with Crippen molar-refractivity contribution in [2.24, 2.45) is 0 Å². The molecule has 0 spiro atoms. The first-order chi connectivity index (χ1) is 46.5. The van der Waals surface area contributed by atoms with Gasteiger partial charge in [0.1, 0.15) is 24.2 Å². The first-order valence-electron chi connectivity index (χ1n) is 33.0. The molecule has 0 aliphatic carbocycles. The minimum Gasteiger partial charge on any atom is -0.377 e. The maximum atomic E-state index is 14.7. The maximum Gasteiger partial charge on any atom is 0.253 e. The third kappa shape index (κ3) is 16.6. The number of nitrogens with one attached hydrogen (secondary N) is 2. The predicted octanol–water partition coefficient (Wildman–Crippen LogP) is 10.1. The van der Waals surface area contributed by atoms with Crippen molar-refractivity contribution in [2.75, 3.05) is 62.3 Å². The van der Waals surface area contributed by atoms with Crippen molar-refractivity contribution in [1.82, 2.24) is 40.2 Å². The zero-order valence-electron chi connectivity index (χ0n) is 54.8. The van der Waals surface area contributed by atoms with Crippen LogP contribution in [0.5, 0.6) is 0 Å². The summed E-state index contributed by atoms with van der Waals surface area (Å²) < 4.78 is 5.70. The van der Waals surface area contributed by atoms with Crippen LogP contribution in [0.2, 0.25) is 0 Å². The summed E-state index contributed by atoms with van der Waals surface area (Å²) in [6.45, 7) is 16.6. The summed E-state index contributed by atoms with van der Waals surface area (Å²) >= 11 is 0. The van der Waals surface area contributed by atoms with Crippen LogP contribution in [0, 0.1) is 0 Å². The smallest absolute Gasteiger partial charge is 0.253 e. The number of rotatable bonds is 17. The number of carbonyl (C=O) groups excluding carboxylic acids is 8. The molecule has 4 atom stereocenters.